The van der Waals surface area contributed by atoms with Gasteiger partial charge in [0.25, 0.3) is 5.91 Å². The summed E-state index contributed by atoms with van der Waals surface area (Å²) in [7, 11) is 0. The largest absolute Gasteiger partial charge is 0.469 e. The first-order valence-electron chi connectivity index (χ1n) is 4.19. The third-order valence-electron chi connectivity index (χ3n) is 1.72. The third kappa shape index (κ3) is 2.59. The molecule has 0 aliphatic heterocycles. The van der Waals surface area contributed by atoms with Crippen LogP contribution in [0.2, 0.25) is 0 Å². The number of carbonyl (C=O) groups excluding carboxylic acids is 1. The topological polar surface area (TPSA) is 62.5 Å². The lowest BCUT2D eigenvalue weighted by Crippen LogP contribution is -2.25. The lowest BCUT2D eigenvalue weighted by molar-refractivity contribution is 0.0949. The van der Waals surface area contributed by atoms with Crippen LogP contribution in [0, 0.1) is 6.92 Å². The van der Waals surface area contributed by atoms with Crippen molar-refractivity contribution in [2.24, 2.45) is 0 Å². The second kappa shape index (κ2) is 4.67. The molecule has 1 amide bonds. The minimum atomic E-state index is -0.153. The van der Waals surface area contributed by atoms with E-state index in [0.717, 1.165) is 0 Å². The summed E-state index contributed by atoms with van der Waals surface area (Å²) in [6.45, 7) is 2.31. The lowest BCUT2D eigenvalue weighted by atomic mass is 10.2. The monoisotopic (exact) mass is 183 g/mol. The minimum Gasteiger partial charge on any atom is -0.469 e. The van der Waals surface area contributed by atoms with Gasteiger partial charge in [-0.1, -0.05) is 0 Å². The average molecular weight is 183 g/mol. The van der Waals surface area contributed by atoms with Crippen LogP contribution in [-0.4, -0.2) is 24.2 Å². The van der Waals surface area contributed by atoms with E-state index in [1.165, 1.54) is 6.26 Å². The van der Waals surface area contributed by atoms with Gasteiger partial charge in [0, 0.05) is 13.2 Å². The zero-order valence-corrected chi connectivity index (χ0v) is 7.54. The molecule has 0 bridgehead atoms. The smallest absolute Gasteiger partial charge is 0.254 e. The fourth-order valence-corrected chi connectivity index (χ4v) is 0.997. The average Bonchev–Trinajstić information content (AvgIpc) is 2.52. The second-order valence-electron chi connectivity index (χ2n) is 2.72. The molecule has 0 saturated heterocycles. The van der Waals surface area contributed by atoms with Gasteiger partial charge in [-0.2, -0.15) is 0 Å². The Morgan fingerprint density at radius 2 is 2.46 bits per heavy atom. The summed E-state index contributed by atoms with van der Waals surface area (Å²) in [5.74, 6) is 0.459. The molecule has 0 atom stereocenters. The Kier molecular flexibility index (Phi) is 3.52. The number of amides is 1. The van der Waals surface area contributed by atoms with Crippen molar-refractivity contribution in [3.8, 4) is 0 Å². The summed E-state index contributed by atoms with van der Waals surface area (Å²) >= 11 is 0. The van der Waals surface area contributed by atoms with Gasteiger partial charge in [0.2, 0.25) is 0 Å². The van der Waals surface area contributed by atoms with Crippen molar-refractivity contribution < 1.29 is 14.3 Å². The van der Waals surface area contributed by atoms with Crippen LogP contribution in [0.4, 0.5) is 0 Å². The molecule has 1 aromatic heterocycles. The van der Waals surface area contributed by atoms with E-state index in [0.29, 0.717) is 24.3 Å². The lowest BCUT2D eigenvalue weighted by Gasteiger charge is -2.01. The number of aryl methyl sites for hydroxylation is 1. The SMILES string of the molecule is Cc1occc1C(=O)NCCCO. The molecule has 1 rings (SSSR count). The summed E-state index contributed by atoms with van der Waals surface area (Å²) < 4.78 is 4.98. The Morgan fingerprint density at radius 1 is 1.69 bits per heavy atom. The fraction of sp³-hybridized carbons (Fsp3) is 0.444. The van der Waals surface area contributed by atoms with Crippen LogP contribution in [0.1, 0.15) is 22.5 Å². The summed E-state index contributed by atoms with van der Waals surface area (Å²) in [6.07, 6.45) is 2.05. The van der Waals surface area contributed by atoms with E-state index < -0.39 is 0 Å². The molecule has 0 fully saturated rings. The molecular formula is C9H13NO3. The molecule has 4 nitrogen and oxygen atoms in total. The Balaban J connectivity index is 2.45. The predicted molar refractivity (Wildman–Crippen MR) is 47.5 cm³/mol. The molecule has 0 aromatic carbocycles. The highest BCUT2D eigenvalue weighted by molar-refractivity contribution is 5.94. The summed E-state index contributed by atoms with van der Waals surface area (Å²) in [5.41, 5.74) is 0.554. The molecular weight excluding hydrogens is 170 g/mol. The highest BCUT2D eigenvalue weighted by Crippen LogP contribution is 2.07. The number of hydrogen-bond acceptors (Lipinski definition) is 3. The molecule has 0 saturated carbocycles. The zero-order valence-electron chi connectivity index (χ0n) is 7.54. The van der Waals surface area contributed by atoms with Gasteiger partial charge >= 0.3 is 0 Å². The minimum absolute atomic E-state index is 0.0879. The molecule has 72 valence electrons. The number of rotatable bonds is 4. The number of hydrogen-bond donors (Lipinski definition) is 2. The Bertz CT molecular complexity index is 280. The standard InChI is InChI=1S/C9H13NO3/c1-7-8(3-6-13-7)9(12)10-4-2-5-11/h3,6,11H,2,4-5H2,1H3,(H,10,12). The van der Waals surface area contributed by atoms with Crippen molar-refractivity contribution in [2.75, 3.05) is 13.2 Å². The van der Waals surface area contributed by atoms with Gasteiger partial charge in [-0.25, -0.2) is 0 Å². The Morgan fingerprint density at radius 3 is 3.00 bits per heavy atom. The molecule has 0 spiro atoms. The summed E-state index contributed by atoms with van der Waals surface area (Å²) in [5, 5.41) is 11.2. The first-order valence-corrected chi connectivity index (χ1v) is 4.19. The van der Waals surface area contributed by atoms with Crippen LogP contribution in [0.5, 0.6) is 0 Å². The summed E-state index contributed by atoms with van der Waals surface area (Å²) in [6, 6.07) is 1.63. The van der Waals surface area contributed by atoms with Crippen molar-refractivity contribution >= 4 is 5.91 Å². The maximum Gasteiger partial charge on any atom is 0.254 e. The summed E-state index contributed by atoms with van der Waals surface area (Å²) in [4.78, 5) is 11.3. The number of furan rings is 1. The van der Waals surface area contributed by atoms with E-state index in [1.807, 2.05) is 0 Å². The predicted octanol–water partition coefficient (Wildman–Crippen LogP) is 0.700. The molecule has 13 heavy (non-hydrogen) atoms. The molecule has 0 aliphatic rings. The van der Waals surface area contributed by atoms with Gasteiger partial charge in [0.15, 0.2) is 0 Å². The maximum atomic E-state index is 11.3. The Labute approximate surface area is 76.6 Å². The molecule has 2 N–H and O–H groups in total. The maximum absolute atomic E-state index is 11.3. The third-order valence-corrected chi connectivity index (χ3v) is 1.72. The first-order chi connectivity index (χ1) is 6.25. The number of aliphatic hydroxyl groups is 1. The van der Waals surface area contributed by atoms with Gasteiger partial charge in [-0.05, 0) is 19.4 Å². The van der Waals surface area contributed by atoms with Crippen LogP contribution < -0.4 is 5.32 Å². The molecule has 4 heteroatoms. The van der Waals surface area contributed by atoms with Crippen LogP contribution in [0.25, 0.3) is 0 Å². The van der Waals surface area contributed by atoms with E-state index in [2.05, 4.69) is 5.32 Å². The van der Waals surface area contributed by atoms with Crippen LogP contribution in [0.15, 0.2) is 16.7 Å². The van der Waals surface area contributed by atoms with Crippen LogP contribution >= 0.6 is 0 Å². The van der Waals surface area contributed by atoms with Crippen LogP contribution in [-0.2, 0) is 0 Å². The highest BCUT2D eigenvalue weighted by Gasteiger charge is 2.09. The molecule has 1 heterocycles. The first kappa shape index (κ1) is 9.80. The van der Waals surface area contributed by atoms with Crippen molar-refractivity contribution in [1.82, 2.24) is 5.32 Å². The molecule has 0 unspecified atom stereocenters. The highest BCUT2D eigenvalue weighted by atomic mass is 16.3. The second-order valence-corrected chi connectivity index (χ2v) is 2.72. The van der Waals surface area contributed by atoms with Gasteiger partial charge < -0.3 is 14.8 Å². The Hall–Kier alpha value is -1.29. The quantitative estimate of drug-likeness (QED) is 0.675. The normalized spacial score (nSPS) is 10.0. The molecule has 0 aliphatic carbocycles. The van der Waals surface area contributed by atoms with Crippen molar-refractivity contribution in [2.45, 2.75) is 13.3 Å². The van der Waals surface area contributed by atoms with Gasteiger partial charge in [-0.3, -0.25) is 4.79 Å². The van der Waals surface area contributed by atoms with E-state index in [4.69, 9.17) is 9.52 Å². The van der Waals surface area contributed by atoms with Crippen molar-refractivity contribution in [3.63, 3.8) is 0 Å². The number of aliphatic hydroxyl groups excluding tert-OH is 1. The van der Waals surface area contributed by atoms with Crippen molar-refractivity contribution in [3.05, 3.63) is 23.7 Å². The van der Waals surface area contributed by atoms with Gasteiger partial charge in [0.05, 0.1) is 11.8 Å². The van der Waals surface area contributed by atoms with E-state index in [1.54, 1.807) is 13.0 Å². The van der Waals surface area contributed by atoms with Gasteiger partial charge in [0.1, 0.15) is 5.76 Å². The van der Waals surface area contributed by atoms with Gasteiger partial charge in [-0.15, -0.1) is 0 Å². The van der Waals surface area contributed by atoms with E-state index >= 15 is 0 Å². The fourth-order valence-electron chi connectivity index (χ4n) is 0.997. The number of carbonyl (C=O) groups is 1. The zero-order chi connectivity index (χ0) is 9.68. The molecule has 0 radical (unpaired) electrons. The molecule has 1 aromatic rings. The van der Waals surface area contributed by atoms with E-state index in [-0.39, 0.29) is 12.5 Å². The van der Waals surface area contributed by atoms with Crippen LogP contribution in [0.3, 0.4) is 0 Å². The van der Waals surface area contributed by atoms with Crippen molar-refractivity contribution in [1.29, 1.82) is 0 Å². The van der Waals surface area contributed by atoms with E-state index in [9.17, 15) is 4.79 Å². The number of nitrogens with one attached hydrogen (secondary N) is 1.